The van der Waals surface area contributed by atoms with Crippen molar-refractivity contribution in [2.75, 3.05) is 25.7 Å². The summed E-state index contributed by atoms with van der Waals surface area (Å²) in [5.74, 6) is 2.60. The maximum atomic E-state index is 10.8. The molecule has 0 aliphatic carbocycles. The lowest BCUT2D eigenvalue weighted by Crippen LogP contribution is -2.37. The van der Waals surface area contributed by atoms with Gasteiger partial charge in [-0.1, -0.05) is 24.3 Å². The Morgan fingerprint density at radius 2 is 1.96 bits per heavy atom. The second-order valence-electron chi connectivity index (χ2n) is 6.07. The Morgan fingerprint density at radius 3 is 2.64 bits per heavy atom. The highest BCUT2D eigenvalue weighted by Crippen LogP contribution is 2.13. The summed E-state index contributed by atoms with van der Waals surface area (Å²) < 4.78 is 5.26. The zero-order valence-corrected chi connectivity index (χ0v) is 17.0. The fourth-order valence-electron chi connectivity index (χ4n) is 2.46. The number of hydrogen-bond acceptors (Lipinski definition) is 5. The number of guanidine groups is 1. The van der Waals surface area contributed by atoms with E-state index in [0.29, 0.717) is 19.0 Å². The van der Waals surface area contributed by atoms with Gasteiger partial charge in [-0.15, -0.1) is 0 Å². The van der Waals surface area contributed by atoms with Crippen molar-refractivity contribution in [3.63, 3.8) is 0 Å². The Bertz CT molecular complexity index is 781. The smallest absolute Gasteiger partial charge is 0.269 e. The molecule has 2 aromatic rings. The van der Waals surface area contributed by atoms with Gasteiger partial charge in [-0.3, -0.25) is 10.1 Å². The first-order valence-corrected chi connectivity index (χ1v) is 10.4. The van der Waals surface area contributed by atoms with E-state index < -0.39 is 4.92 Å². The summed E-state index contributed by atoms with van der Waals surface area (Å²) in [6, 6.07) is 14.3. The normalized spacial score (nSPS) is 11.1. The zero-order valence-electron chi connectivity index (χ0n) is 16.2. The molecule has 0 heterocycles. The number of rotatable bonds is 10. The maximum absolute atomic E-state index is 10.8. The molecule has 0 aliphatic rings. The lowest BCUT2D eigenvalue weighted by atomic mass is 10.2. The van der Waals surface area contributed by atoms with Crippen molar-refractivity contribution in [2.24, 2.45) is 4.99 Å². The van der Waals surface area contributed by atoms with Gasteiger partial charge >= 0.3 is 0 Å². The largest absolute Gasteiger partial charge is 0.497 e. The molecule has 7 nitrogen and oxygen atoms in total. The molecular formula is C20H26N4O3S. The van der Waals surface area contributed by atoms with E-state index in [2.05, 4.69) is 21.9 Å². The molecule has 0 aliphatic heterocycles. The second-order valence-corrected chi connectivity index (χ2v) is 7.05. The number of thioether (sulfide) groups is 1. The molecule has 2 aromatic carbocycles. The van der Waals surface area contributed by atoms with Crippen LogP contribution in [0.15, 0.2) is 53.5 Å². The van der Waals surface area contributed by atoms with Crippen molar-refractivity contribution < 1.29 is 9.66 Å². The van der Waals surface area contributed by atoms with Crippen molar-refractivity contribution in [3.05, 3.63) is 69.8 Å². The monoisotopic (exact) mass is 402 g/mol. The lowest BCUT2D eigenvalue weighted by molar-refractivity contribution is -0.384. The predicted molar refractivity (Wildman–Crippen MR) is 115 cm³/mol. The van der Waals surface area contributed by atoms with Gasteiger partial charge in [0.15, 0.2) is 5.96 Å². The minimum Gasteiger partial charge on any atom is -0.497 e. The van der Waals surface area contributed by atoms with Gasteiger partial charge in [0.05, 0.1) is 18.6 Å². The van der Waals surface area contributed by atoms with Crippen LogP contribution < -0.4 is 15.4 Å². The van der Waals surface area contributed by atoms with E-state index in [1.807, 2.05) is 36.0 Å². The standard InChI is InChI=1S/C20H26N4O3S/c1-27-19-6-3-5-17(13-19)15-23-20(21-11-4-12-28-2)22-14-16-7-9-18(10-8-16)24(25)26/h3,5-10,13H,4,11-12,14-15H2,1-2H3,(H2,21,22,23). The molecule has 0 spiro atoms. The van der Waals surface area contributed by atoms with Gasteiger partial charge in [0.2, 0.25) is 0 Å². The molecule has 28 heavy (non-hydrogen) atoms. The molecule has 0 amide bonds. The van der Waals surface area contributed by atoms with Gasteiger partial charge in [0, 0.05) is 25.2 Å². The Hall–Kier alpha value is -2.74. The predicted octanol–water partition coefficient (Wildman–Crippen LogP) is 3.59. The summed E-state index contributed by atoms with van der Waals surface area (Å²) in [5, 5.41) is 17.4. The van der Waals surface area contributed by atoms with Gasteiger partial charge in [-0.25, -0.2) is 4.99 Å². The summed E-state index contributed by atoms with van der Waals surface area (Å²) in [5.41, 5.74) is 2.09. The topological polar surface area (TPSA) is 88.8 Å². The molecule has 0 saturated heterocycles. The lowest BCUT2D eigenvalue weighted by Gasteiger charge is -2.13. The van der Waals surface area contributed by atoms with Crippen LogP contribution >= 0.6 is 11.8 Å². The van der Waals surface area contributed by atoms with E-state index in [0.717, 1.165) is 35.6 Å². The summed E-state index contributed by atoms with van der Waals surface area (Å²) in [7, 11) is 1.65. The highest BCUT2D eigenvalue weighted by Gasteiger charge is 2.05. The van der Waals surface area contributed by atoms with Gasteiger partial charge in [0.1, 0.15) is 5.75 Å². The van der Waals surface area contributed by atoms with Crippen LogP contribution in [0.3, 0.4) is 0 Å². The molecule has 2 N–H and O–H groups in total. The number of nitrogens with zero attached hydrogens (tertiary/aromatic N) is 2. The number of non-ortho nitro benzene ring substituents is 1. The first-order chi connectivity index (χ1) is 13.6. The van der Waals surface area contributed by atoms with Crippen molar-refractivity contribution in [1.29, 1.82) is 0 Å². The number of benzene rings is 2. The highest BCUT2D eigenvalue weighted by atomic mass is 32.2. The van der Waals surface area contributed by atoms with Crippen LogP contribution in [0.5, 0.6) is 5.75 Å². The molecule has 0 atom stereocenters. The Labute approximate surface area is 169 Å². The van der Waals surface area contributed by atoms with E-state index in [-0.39, 0.29) is 5.69 Å². The van der Waals surface area contributed by atoms with Crippen LogP contribution in [-0.2, 0) is 13.1 Å². The van der Waals surface area contributed by atoms with Gasteiger partial charge < -0.3 is 15.4 Å². The van der Waals surface area contributed by atoms with E-state index in [9.17, 15) is 10.1 Å². The van der Waals surface area contributed by atoms with E-state index in [1.165, 1.54) is 12.1 Å². The summed E-state index contributed by atoms with van der Waals surface area (Å²) in [6.07, 6.45) is 3.13. The molecule has 0 radical (unpaired) electrons. The molecule has 0 saturated carbocycles. The summed E-state index contributed by atoms with van der Waals surface area (Å²) in [6.45, 7) is 1.88. The molecule has 0 bridgehead atoms. The average Bonchev–Trinajstić information content (AvgIpc) is 2.73. The molecule has 2 rings (SSSR count). The number of hydrogen-bond donors (Lipinski definition) is 2. The third-order valence-corrected chi connectivity index (χ3v) is 4.68. The molecule has 8 heteroatoms. The number of aliphatic imine (C=N–C) groups is 1. The molecule has 150 valence electrons. The average molecular weight is 403 g/mol. The fraction of sp³-hybridized carbons (Fsp3) is 0.350. The van der Waals surface area contributed by atoms with Crippen LogP contribution in [0, 0.1) is 10.1 Å². The van der Waals surface area contributed by atoms with Crippen molar-refractivity contribution in [3.8, 4) is 5.75 Å². The third kappa shape index (κ3) is 7.48. The number of methoxy groups -OCH3 is 1. The van der Waals surface area contributed by atoms with Crippen LogP contribution in [0.2, 0.25) is 0 Å². The Morgan fingerprint density at radius 1 is 1.18 bits per heavy atom. The molecule has 0 aromatic heterocycles. The van der Waals surface area contributed by atoms with E-state index in [4.69, 9.17) is 4.74 Å². The highest BCUT2D eigenvalue weighted by molar-refractivity contribution is 7.98. The maximum Gasteiger partial charge on any atom is 0.269 e. The van der Waals surface area contributed by atoms with E-state index >= 15 is 0 Å². The minimum atomic E-state index is -0.397. The first-order valence-electron chi connectivity index (χ1n) is 8.99. The minimum absolute atomic E-state index is 0.0888. The second kappa shape index (κ2) is 11.9. The quantitative estimate of drug-likeness (QED) is 0.208. The zero-order chi connectivity index (χ0) is 20.2. The van der Waals surface area contributed by atoms with Gasteiger partial charge in [0.25, 0.3) is 5.69 Å². The number of nitro benzene ring substituents is 1. The van der Waals surface area contributed by atoms with Crippen LogP contribution in [0.1, 0.15) is 17.5 Å². The number of nitrogens with one attached hydrogen (secondary N) is 2. The third-order valence-electron chi connectivity index (χ3n) is 3.98. The molecule has 0 unspecified atom stereocenters. The first kappa shape index (κ1) is 21.6. The summed E-state index contributed by atoms with van der Waals surface area (Å²) >= 11 is 1.81. The molecule has 0 fully saturated rings. The van der Waals surface area contributed by atoms with Gasteiger partial charge in [-0.05, 0) is 41.7 Å². The SMILES string of the molecule is COc1cccc(CN=C(NCCCSC)NCc2ccc([N+](=O)[O-])cc2)c1. The number of nitro groups is 1. The van der Waals surface area contributed by atoms with Crippen LogP contribution in [0.25, 0.3) is 0 Å². The fourth-order valence-corrected chi connectivity index (χ4v) is 2.89. The Balaban J connectivity index is 1.99. The van der Waals surface area contributed by atoms with Crippen molar-refractivity contribution in [1.82, 2.24) is 10.6 Å². The van der Waals surface area contributed by atoms with Crippen molar-refractivity contribution >= 4 is 23.4 Å². The number of ether oxygens (including phenoxy) is 1. The van der Waals surface area contributed by atoms with Crippen LogP contribution in [0.4, 0.5) is 5.69 Å². The van der Waals surface area contributed by atoms with Gasteiger partial charge in [-0.2, -0.15) is 11.8 Å². The summed E-state index contributed by atoms with van der Waals surface area (Å²) in [4.78, 5) is 15.0. The van der Waals surface area contributed by atoms with Crippen molar-refractivity contribution in [2.45, 2.75) is 19.5 Å². The Kier molecular flexibility index (Phi) is 9.14. The molecular weight excluding hydrogens is 376 g/mol. The van der Waals surface area contributed by atoms with Crippen LogP contribution in [-0.4, -0.2) is 36.5 Å². The van der Waals surface area contributed by atoms with E-state index in [1.54, 1.807) is 19.2 Å².